The zero-order valence-corrected chi connectivity index (χ0v) is 20.1. The first-order chi connectivity index (χ1) is 16.2. The topological polar surface area (TPSA) is 115 Å². The lowest BCUT2D eigenvalue weighted by Gasteiger charge is -2.58. The summed E-state index contributed by atoms with van der Waals surface area (Å²) < 4.78 is 11.4. The molecule has 2 heterocycles. The Morgan fingerprint density at radius 1 is 1.24 bits per heavy atom. The average Bonchev–Trinajstić information content (AvgIpc) is 3.29. The van der Waals surface area contributed by atoms with Crippen LogP contribution in [-0.4, -0.2) is 65.2 Å². The number of nitrogens with zero attached hydrogens (tertiary/aromatic N) is 3. The highest BCUT2D eigenvalue weighted by Crippen LogP contribution is 2.60. The van der Waals surface area contributed by atoms with E-state index in [-0.39, 0.29) is 42.6 Å². The Bertz CT molecular complexity index is 974. The van der Waals surface area contributed by atoms with Gasteiger partial charge in [-0.05, 0) is 62.3 Å². The molecular formula is C24H31ClN4O5. The number of carbonyl (C=O) groups is 3. The summed E-state index contributed by atoms with van der Waals surface area (Å²) in [4.78, 5) is 44.8. The fourth-order valence-corrected chi connectivity index (χ4v) is 7.01. The number of pyridine rings is 1. The zero-order chi connectivity index (χ0) is 24.0. The molecule has 3 atom stereocenters. The number of hydrogen-bond donors (Lipinski definition) is 1. The van der Waals surface area contributed by atoms with Crippen molar-refractivity contribution in [1.82, 2.24) is 14.8 Å². The van der Waals surface area contributed by atoms with Gasteiger partial charge in [-0.15, -0.1) is 0 Å². The smallest absolute Gasteiger partial charge is 0.410 e. The molecule has 4 saturated carbocycles. The van der Waals surface area contributed by atoms with E-state index in [2.05, 4.69) is 4.98 Å². The summed E-state index contributed by atoms with van der Waals surface area (Å²) in [7, 11) is 1.68. The number of ether oxygens (including phenoxy) is 2. The Hall–Kier alpha value is -2.55. The number of aromatic nitrogens is 1. The summed E-state index contributed by atoms with van der Waals surface area (Å²) in [5.41, 5.74) is 6.07. The Morgan fingerprint density at radius 2 is 1.97 bits per heavy atom. The molecule has 0 radical (unpaired) electrons. The number of halogens is 1. The predicted molar refractivity (Wildman–Crippen MR) is 123 cm³/mol. The fraction of sp³-hybridized carbons (Fsp3) is 0.667. The van der Waals surface area contributed by atoms with E-state index >= 15 is 0 Å². The molecule has 0 aromatic carbocycles. The third kappa shape index (κ3) is 4.30. The van der Waals surface area contributed by atoms with Crippen LogP contribution in [0.15, 0.2) is 18.5 Å². The summed E-state index contributed by atoms with van der Waals surface area (Å²) >= 11 is 5.92. The number of amides is 3. The second kappa shape index (κ2) is 8.91. The maximum absolute atomic E-state index is 13.0. The lowest BCUT2D eigenvalue weighted by molar-refractivity contribution is -0.161. The molecular weight excluding hydrogens is 460 g/mol. The minimum atomic E-state index is -0.460. The minimum Gasteiger partial charge on any atom is -0.446 e. The molecule has 5 fully saturated rings. The zero-order valence-electron chi connectivity index (χ0n) is 19.3. The number of primary amides is 1. The van der Waals surface area contributed by atoms with Crippen LogP contribution in [0.5, 0.6) is 0 Å². The van der Waals surface area contributed by atoms with Gasteiger partial charge in [-0.1, -0.05) is 11.6 Å². The summed E-state index contributed by atoms with van der Waals surface area (Å²) in [6.45, 7) is 1.00. The third-order valence-electron chi connectivity index (χ3n) is 8.33. The van der Waals surface area contributed by atoms with Gasteiger partial charge in [0.1, 0.15) is 12.7 Å². The van der Waals surface area contributed by atoms with Crippen LogP contribution in [0.3, 0.4) is 0 Å². The molecule has 10 heteroatoms. The summed E-state index contributed by atoms with van der Waals surface area (Å²) in [6, 6.07) is 1.55. The third-order valence-corrected chi connectivity index (χ3v) is 8.53. The highest BCUT2D eigenvalue weighted by molar-refractivity contribution is 6.30. The highest BCUT2D eigenvalue weighted by Gasteiger charge is 2.59. The van der Waals surface area contributed by atoms with E-state index in [0.717, 1.165) is 32.1 Å². The van der Waals surface area contributed by atoms with Crippen LogP contribution in [0.2, 0.25) is 5.02 Å². The van der Waals surface area contributed by atoms with E-state index in [9.17, 15) is 14.4 Å². The molecule has 4 bridgehead atoms. The quantitative estimate of drug-likeness (QED) is 0.677. The van der Waals surface area contributed by atoms with Gasteiger partial charge in [0, 0.05) is 38.1 Å². The van der Waals surface area contributed by atoms with Crippen LogP contribution < -0.4 is 5.73 Å². The van der Waals surface area contributed by atoms with Gasteiger partial charge in [-0.3, -0.25) is 9.78 Å². The van der Waals surface area contributed by atoms with Crippen molar-refractivity contribution in [3.05, 3.63) is 29.0 Å². The van der Waals surface area contributed by atoms with Crippen molar-refractivity contribution < 1.29 is 23.9 Å². The molecule has 1 saturated heterocycles. The van der Waals surface area contributed by atoms with Crippen LogP contribution in [0.1, 0.15) is 44.1 Å². The van der Waals surface area contributed by atoms with Crippen molar-refractivity contribution in [3.8, 4) is 0 Å². The molecule has 2 N–H and O–H groups in total. The van der Waals surface area contributed by atoms with E-state index in [1.54, 1.807) is 24.2 Å². The SMILES string of the molecule is CN(C(=O)OCc1cncc(Cl)c1)[C@@H]1CCN(C(=O)OC2C3CC4CC2CC(C(N)=O)(C4)C3)C1. The van der Waals surface area contributed by atoms with E-state index in [4.69, 9.17) is 26.8 Å². The number of hydrogen-bond acceptors (Lipinski definition) is 6. The molecule has 2 unspecified atom stereocenters. The van der Waals surface area contributed by atoms with Crippen molar-refractivity contribution in [1.29, 1.82) is 0 Å². The van der Waals surface area contributed by atoms with Crippen LogP contribution in [0.25, 0.3) is 0 Å². The maximum Gasteiger partial charge on any atom is 0.410 e. The first-order valence-electron chi connectivity index (χ1n) is 12.0. The molecule has 1 aromatic rings. The number of nitrogens with two attached hydrogens (primary N) is 1. The van der Waals surface area contributed by atoms with E-state index < -0.39 is 11.5 Å². The Morgan fingerprint density at radius 3 is 2.65 bits per heavy atom. The van der Waals surface area contributed by atoms with Crippen molar-refractivity contribution in [2.75, 3.05) is 20.1 Å². The molecule has 6 rings (SSSR count). The van der Waals surface area contributed by atoms with Gasteiger partial charge in [0.25, 0.3) is 0 Å². The standard InChI is InChI=1S/C24H31ClN4O5/c1-28(22(31)33-13-15-6-18(25)11-27-10-15)19-2-3-29(12-19)23(32)34-20-16-4-14-5-17(20)9-24(7-14,8-16)21(26)30/h6,10-11,14,16-17,19-20H,2-5,7-9,12-13H2,1H3,(H2,26,30)/t14?,16?,17?,19-,20?,24?/m1/s1. The van der Waals surface area contributed by atoms with Crippen LogP contribution >= 0.6 is 11.6 Å². The van der Waals surface area contributed by atoms with Gasteiger partial charge < -0.3 is 25.0 Å². The van der Waals surface area contributed by atoms with Crippen molar-refractivity contribution in [3.63, 3.8) is 0 Å². The molecule has 5 aliphatic rings. The Labute approximate surface area is 203 Å². The van der Waals surface area contributed by atoms with Crippen molar-refractivity contribution in [2.45, 2.75) is 57.3 Å². The largest absolute Gasteiger partial charge is 0.446 e. The van der Waals surface area contributed by atoms with Crippen LogP contribution in [0, 0.1) is 23.2 Å². The first-order valence-corrected chi connectivity index (χ1v) is 12.4. The lowest BCUT2D eigenvalue weighted by Crippen LogP contribution is -2.59. The number of rotatable bonds is 5. The van der Waals surface area contributed by atoms with Gasteiger partial charge in [0.15, 0.2) is 0 Å². The number of likely N-dealkylation sites (N-methyl/N-ethyl adjacent to an activating group) is 1. The maximum atomic E-state index is 13.0. The van der Waals surface area contributed by atoms with Crippen LogP contribution in [-0.2, 0) is 20.9 Å². The Kier molecular flexibility index (Phi) is 6.08. The highest BCUT2D eigenvalue weighted by atomic mass is 35.5. The lowest BCUT2D eigenvalue weighted by atomic mass is 9.48. The summed E-state index contributed by atoms with van der Waals surface area (Å²) in [5, 5.41) is 0.482. The number of carbonyl (C=O) groups excluding carboxylic acids is 3. The van der Waals surface area contributed by atoms with E-state index in [1.165, 1.54) is 11.1 Å². The minimum absolute atomic E-state index is 0.0768. The predicted octanol–water partition coefficient (Wildman–Crippen LogP) is 3.19. The molecule has 3 amide bonds. The monoisotopic (exact) mass is 490 g/mol. The second-order valence-electron chi connectivity index (χ2n) is 10.5. The molecule has 9 nitrogen and oxygen atoms in total. The molecule has 0 spiro atoms. The molecule has 184 valence electrons. The van der Waals surface area contributed by atoms with Gasteiger partial charge in [0.2, 0.25) is 5.91 Å². The average molecular weight is 491 g/mol. The molecule has 4 aliphatic carbocycles. The van der Waals surface area contributed by atoms with E-state index in [0.29, 0.717) is 36.0 Å². The second-order valence-corrected chi connectivity index (χ2v) is 11.0. The van der Waals surface area contributed by atoms with Gasteiger partial charge >= 0.3 is 12.2 Å². The van der Waals surface area contributed by atoms with Gasteiger partial charge in [-0.25, -0.2) is 9.59 Å². The fourth-order valence-electron chi connectivity index (χ4n) is 6.82. The van der Waals surface area contributed by atoms with Crippen LogP contribution in [0.4, 0.5) is 9.59 Å². The molecule has 1 aliphatic heterocycles. The van der Waals surface area contributed by atoms with Crippen molar-refractivity contribution >= 4 is 29.7 Å². The van der Waals surface area contributed by atoms with Crippen molar-refractivity contribution in [2.24, 2.45) is 28.9 Å². The first kappa shape index (κ1) is 23.2. The van der Waals surface area contributed by atoms with E-state index in [1.807, 2.05) is 0 Å². The Balaban J connectivity index is 1.13. The molecule has 34 heavy (non-hydrogen) atoms. The summed E-state index contributed by atoms with van der Waals surface area (Å²) in [6.07, 6.45) is 7.18. The molecule has 1 aromatic heterocycles. The summed E-state index contributed by atoms with van der Waals surface area (Å²) in [5.74, 6) is 0.735. The number of likely N-dealkylation sites (tertiary alicyclic amines) is 1. The normalized spacial score (nSPS) is 33.6. The van der Waals surface area contributed by atoms with Gasteiger partial charge in [0.05, 0.1) is 16.5 Å². The van der Waals surface area contributed by atoms with Gasteiger partial charge in [-0.2, -0.15) is 0 Å².